The number of rotatable bonds is 9. The molecule has 3 N–H and O–H groups in total. The first-order valence-corrected chi connectivity index (χ1v) is 12.9. The highest BCUT2D eigenvalue weighted by atomic mass is 32.3. The number of hydrogen-bond donors (Lipinski definition) is 2. The average molecular weight is 454 g/mol. The molecule has 160 valence electrons. The van der Waals surface area contributed by atoms with Crippen LogP contribution in [-0.2, 0) is 29.6 Å². The molecule has 0 unspecified atom stereocenters. The van der Waals surface area contributed by atoms with E-state index in [1.54, 1.807) is 13.8 Å². The molecule has 0 aliphatic carbocycles. The Bertz CT molecular complexity index is 908. The number of sulfonamides is 2. The third-order valence-electron chi connectivity index (χ3n) is 4.11. The Morgan fingerprint density at radius 1 is 1.46 bits per heavy atom. The van der Waals surface area contributed by atoms with Crippen molar-refractivity contribution in [2.75, 3.05) is 19.6 Å². The standard InChI is InChI=1S/C16H27N3O6S3/c1-4-7-18-13-10-19(8-5-6-14(20)25-11(2)3)28(23,24)16-12(13)9-15(26-16)27(17,21)22/h9,11,13,18H,4-8,10H2,1-3H3,(H2,17,21,22)/t13-/m0/s1. The van der Waals surface area contributed by atoms with Crippen molar-refractivity contribution in [3.8, 4) is 0 Å². The molecule has 0 spiro atoms. The number of carbonyl (C=O) groups excluding carboxylic acids is 1. The Kier molecular flexibility index (Phi) is 7.62. The van der Waals surface area contributed by atoms with Crippen LogP contribution >= 0.6 is 11.3 Å². The van der Waals surface area contributed by atoms with Gasteiger partial charge in [0.1, 0.15) is 8.42 Å². The minimum absolute atomic E-state index is 0.0128. The van der Waals surface area contributed by atoms with E-state index in [1.165, 1.54) is 10.4 Å². The quantitative estimate of drug-likeness (QED) is 0.536. The van der Waals surface area contributed by atoms with Crippen molar-refractivity contribution in [1.29, 1.82) is 0 Å². The first kappa shape index (κ1) is 23.2. The highest BCUT2D eigenvalue weighted by Gasteiger charge is 2.39. The molecule has 2 rings (SSSR count). The van der Waals surface area contributed by atoms with Crippen molar-refractivity contribution in [1.82, 2.24) is 9.62 Å². The topological polar surface area (TPSA) is 136 Å². The van der Waals surface area contributed by atoms with Crippen LogP contribution in [0.3, 0.4) is 0 Å². The van der Waals surface area contributed by atoms with Gasteiger partial charge in [-0.05, 0) is 39.3 Å². The van der Waals surface area contributed by atoms with Gasteiger partial charge in [0, 0.05) is 31.1 Å². The van der Waals surface area contributed by atoms with Crippen molar-refractivity contribution in [3.63, 3.8) is 0 Å². The maximum atomic E-state index is 13.0. The fourth-order valence-corrected chi connectivity index (χ4v) is 7.20. The minimum Gasteiger partial charge on any atom is -0.463 e. The van der Waals surface area contributed by atoms with Gasteiger partial charge >= 0.3 is 5.97 Å². The Balaban J connectivity index is 2.25. The monoisotopic (exact) mass is 453 g/mol. The summed E-state index contributed by atoms with van der Waals surface area (Å²) in [5.74, 6) is -0.376. The predicted octanol–water partition coefficient (Wildman–Crippen LogP) is 1.17. The molecule has 1 aliphatic rings. The van der Waals surface area contributed by atoms with E-state index in [2.05, 4.69) is 5.32 Å². The second-order valence-corrected chi connectivity index (χ2v) is 11.8. The third-order valence-corrected chi connectivity index (χ3v) is 9.08. The number of ether oxygens (including phenoxy) is 1. The average Bonchev–Trinajstić information content (AvgIpc) is 3.02. The number of thiophene rings is 1. The summed E-state index contributed by atoms with van der Waals surface area (Å²) in [6.07, 6.45) is 1.04. The van der Waals surface area contributed by atoms with Crippen molar-refractivity contribution >= 4 is 37.4 Å². The smallest absolute Gasteiger partial charge is 0.306 e. The van der Waals surface area contributed by atoms with E-state index in [0.29, 0.717) is 29.9 Å². The molecule has 28 heavy (non-hydrogen) atoms. The lowest BCUT2D eigenvalue weighted by molar-refractivity contribution is -0.147. The Morgan fingerprint density at radius 3 is 2.71 bits per heavy atom. The Hall–Kier alpha value is -1.05. The molecule has 0 bridgehead atoms. The van der Waals surface area contributed by atoms with Gasteiger partial charge in [-0.15, -0.1) is 11.3 Å². The molecule has 1 aromatic heterocycles. The molecule has 1 atom stereocenters. The molecular formula is C16H27N3O6S3. The van der Waals surface area contributed by atoms with Crippen LogP contribution in [0.25, 0.3) is 0 Å². The second-order valence-electron chi connectivity index (χ2n) is 6.87. The number of nitrogens with zero attached hydrogens (tertiary/aromatic N) is 1. The molecule has 0 fully saturated rings. The summed E-state index contributed by atoms with van der Waals surface area (Å²) in [5, 5.41) is 8.45. The number of carbonyl (C=O) groups is 1. The maximum Gasteiger partial charge on any atom is 0.306 e. The summed E-state index contributed by atoms with van der Waals surface area (Å²) in [4.78, 5) is 11.7. The summed E-state index contributed by atoms with van der Waals surface area (Å²) in [6, 6.07) is 1.00. The van der Waals surface area contributed by atoms with Gasteiger partial charge in [0.15, 0.2) is 0 Å². The molecule has 9 nitrogen and oxygen atoms in total. The number of primary sulfonamides is 1. The minimum atomic E-state index is -4.00. The van der Waals surface area contributed by atoms with E-state index in [-0.39, 0.29) is 46.0 Å². The Labute approximate surface area is 170 Å². The largest absolute Gasteiger partial charge is 0.463 e. The van der Waals surface area contributed by atoms with E-state index in [4.69, 9.17) is 9.88 Å². The van der Waals surface area contributed by atoms with Crippen molar-refractivity contribution in [3.05, 3.63) is 11.6 Å². The van der Waals surface area contributed by atoms with Gasteiger partial charge in [0.2, 0.25) is 10.0 Å². The molecular weight excluding hydrogens is 426 g/mol. The molecule has 0 saturated heterocycles. The zero-order valence-corrected chi connectivity index (χ0v) is 18.6. The van der Waals surface area contributed by atoms with Crippen molar-refractivity contribution in [2.45, 2.75) is 60.6 Å². The van der Waals surface area contributed by atoms with Gasteiger partial charge in [0.25, 0.3) is 10.0 Å². The summed E-state index contributed by atoms with van der Waals surface area (Å²) < 4.78 is 55.5. The SMILES string of the molecule is CCCN[C@H]1CN(CCCC(=O)OC(C)C)S(=O)(=O)c2sc(S(N)(=O)=O)cc21. The predicted molar refractivity (Wildman–Crippen MR) is 106 cm³/mol. The van der Waals surface area contributed by atoms with Crippen molar-refractivity contribution in [2.24, 2.45) is 5.14 Å². The molecule has 0 radical (unpaired) electrons. The lowest BCUT2D eigenvalue weighted by atomic mass is 10.1. The van der Waals surface area contributed by atoms with Gasteiger partial charge in [-0.25, -0.2) is 22.0 Å². The van der Waals surface area contributed by atoms with Crippen molar-refractivity contribution < 1.29 is 26.4 Å². The first-order chi connectivity index (χ1) is 13.0. The summed E-state index contributed by atoms with van der Waals surface area (Å²) >= 11 is 0.664. The zero-order chi connectivity index (χ0) is 21.1. The molecule has 2 heterocycles. The fraction of sp³-hybridized carbons (Fsp3) is 0.688. The van der Waals surface area contributed by atoms with E-state index >= 15 is 0 Å². The lowest BCUT2D eigenvalue weighted by Crippen LogP contribution is -2.44. The number of nitrogens with two attached hydrogens (primary N) is 1. The van der Waals surface area contributed by atoms with E-state index in [0.717, 1.165) is 6.42 Å². The van der Waals surface area contributed by atoms with Gasteiger partial charge < -0.3 is 10.1 Å². The highest BCUT2D eigenvalue weighted by molar-refractivity contribution is 7.94. The fourth-order valence-electron chi connectivity index (χ4n) is 2.89. The molecule has 0 aromatic carbocycles. The van der Waals surface area contributed by atoms with Crippen LogP contribution in [0.5, 0.6) is 0 Å². The summed E-state index contributed by atoms with van der Waals surface area (Å²) in [7, 11) is -7.86. The van der Waals surface area contributed by atoms with Gasteiger partial charge in [-0.3, -0.25) is 4.79 Å². The number of nitrogens with one attached hydrogen (secondary N) is 1. The molecule has 1 aliphatic heterocycles. The summed E-state index contributed by atoms with van der Waals surface area (Å²) in [6.45, 7) is 6.43. The highest BCUT2D eigenvalue weighted by Crippen LogP contribution is 2.40. The first-order valence-electron chi connectivity index (χ1n) is 9.06. The van der Waals surface area contributed by atoms with Gasteiger partial charge in [-0.2, -0.15) is 4.31 Å². The number of fused-ring (bicyclic) bond motifs is 1. The van der Waals surface area contributed by atoms with Gasteiger partial charge in [0.05, 0.1) is 6.10 Å². The van der Waals surface area contributed by atoms with Crippen LogP contribution in [0.4, 0.5) is 0 Å². The molecule has 12 heteroatoms. The molecule has 0 amide bonds. The third kappa shape index (κ3) is 5.51. The Morgan fingerprint density at radius 2 is 2.14 bits per heavy atom. The second kappa shape index (κ2) is 9.18. The van der Waals surface area contributed by atoms with Crippen LogP contribution < -0.4 is 10.5 Å². The van der Waals surface area contributed by atoms with Crippen LogP contribution in [0.2, 0.25) is 0 Å². The number of hydrogen-bond acceptors (Lipinski definition) is 8. The van der Waals surface area contributed by atoms with Crippen LogP contribution in [0.1, 0.15) is 51.6 Å². The van der Waals surface area contributed by atoms with E-state index in [9.17, 15) is 21.6 Å². The van der Waals surface area contributed by atoms with Crippen LogP contribution in [0, 0.1) is 0 Å². The van der Waals surface area contributed by atoms with Crippen LogP contribution in [-0.4, -0.2) is 52.8 Å². The van der Waals surface area contributed by atoms with E-state index < -0.39 is 20.0 Å². The van der Waals surface area contributed by atoms with E-state index in [1.807, 2.05) is 6.92 Å². The lowest BCUT2D eigenvalue weighted by Gasteiger charge is -2.32. The maximum absolute atomic E-state index is 13.0. The number of esters is 1. The molecule has 1 aromatic rings. The summed E-state index contributed by atoms with van der Waals surface area (Å²) in [5.41, 5.74) is 0.429. The molecule has 0 saturated carbocycles. The normalized spacial score (nSPS) is 19.5. The zero-order valence-electron chi connectivity index (χ0n) is 16.2. The van der Waals surface area contributed by atoms with Gasteiger partial charge in [-0.1, -0.05) is 6.92 Å². The van der Waals surface area contributed by atoms with Crippen LogP contribution in [0.15, 0.2) is 14.5 Å².